The van der Waals surface area contributed by atoms with Crippen LogP contribution in [0.1, 0.15) is 35.1 Å². The molecule has 0 saturated heterocycles. The van der Waals surface area contributed by atoms with Crippen molar-refractivity contribution in [3.8, 4) is 12.1 Å². The number of ether oxygens (including phenoxy) is 1. The number of nitrogens with zero attached hydrogens (tertiary/aromatic N) is 2. The molecule has 2 atom stereocenters. The van der Waals surface area contributed by atoms with Crippen molar-refractivity contribution in [2.24, 2.45) is 0 Å². The highest BCUT2D eigenvalue weighted by molar-refractivity contribution is 14.1. The minimum absolute atomic E-state index is 0.00474. The molecular formula is C31H24Cl2I2N2O2. The van der Waals surface area contributed by atoms with Crippen molar-refractivity contribution in [1.82, 2.24) is 0 Å². The number of halogens is 4. The van der Waals surface area contributed by atoms with Gasteiger partial charge in [-0.1, -0.05) is 71.7 Å². The Hall–Kier alpha value is -2.18. The quantitative estimate of drug-likeness (QED) is 0.190. The van der Waals surface area contributed by atoms with Crippen LogP contribution >= 0.6 is 68.4 Å². The molecule has 0 bridgehead atoms. The van der Waals surface area contributed by atoms with E-state index in [1.807, 2.05) is 78.9 Å². The zero-order chi connectivity index (χ0) is 28.5. The summed E-state index contributed by atoms with van der Waals surface area (Å²) in [4.78, 5) is 0. The van der Waals surface area contributed by atoms with Crippen LogP contribution in [0.5, 0.6) is 0 Å². The predicted octanol–water partition coefficient (Wildman–Crippen LogP) is 8.84. The van der Waals surface area contributed by atoms with Gasteiger partial charge in [0.15, 0.2) is 0 Å². The van der Waals surface area contributed by atoms with Crippen molar-refractivity contribution in [2.45, 2.75) is 24.0 Å². The Balaban J connectivity index is 0.000000216. The summed E-state index contributed by atoms with van der Waals surface area (Å²) in [5.41, 5.74) is 1.20. The van der Waals surface area contributed by atoms with E-state index in [0.29, 0.717) is 21.2 Å². The Labute approximate surface area is 266 Å². The van der Waals surface area contributed by atoms with Gasteiger partial charge in [-0.25, -0.2) is 0 Å². The van der Waals surface area contributed by atoms with Gasteiger partial charge >= 0.3 is 0 Å². The molecule has 8 heteroatoms. The molecule has 198 valence electrons. The Morgan fingerprint density at radius 2 is 0.974 bits per heavy atom. The Bertz CT molecular complexity index is 1350. The van der Waals surface area contributed by atoms with E-state index in [1.54, 1.807) is 31.4 Å². The van der Waals surface area contributed by atoms with Gasteiger partial charge in [-0.05, 0) is 116 Å². The molecule has 4 aromatic rings. The third kappa shape index (κ3) is 7.73. The standard InChI is InChI=1S/C16H13ClINO.C15H11ClINO/c1-20-16(10-11-19,12-2-6-14(17)7-3-12)13-4-8-15(18)9-5-13;16-13-5-1-11(2-6-13)15(19,9-10-18)12-3-7-14(17)8-4-12/h2-9H,10H2,1H3;1-8,19H,9H2. The van der Waals surface area contributed by atoms with Gasteiger partial charge in [-0.15, -0.1) is 0 Å². The van der Waals surface area contributed by atoms with Crippen molar-refractivity contribution in [1.29, 1.82) is 10.5 Å². The molecule has 2 unspecified atom stereocenters. The summed E-state index contributed by atoms with van der Waals surface area (Å²) in [6, 6.07) is 34.2. The summed E-state index contributed by atoms with van der Waals surface area (Å²) in [6.45, 7) is 0. The van der Waals surface area contributed by atoms with Crippen molar-refractivity contribution < 1.29 is 9.84 Å². The summed E-state index contributed by atoms with van der Waals surface area (Å²) in [7, 11) is 1.63. The van der Waals surface area contributed by atoms with Crippen LogP contribution in [-0.2, 0) is 15.9 Å². The molecule has 4 rings (SSSR count). The molecule has 0 aliphatic rings. The molecule has 4 nitrogen and oxygen atoms in total. The second kappa shape index (κ2) is 14.5. The predicted molar refractivity (Wildman–Crippen MR) is 172 cm³/mol. The van der Waals surface area contributed by atoms with Crippen LogP contribution in [0.2, 0.25) is 10.0 Å². The molecule has 0 aliphatic heterocycles. The molecule has 0 saturated carbocycles. The highest BCUT2D eigenvalue weighted by atomic mass is 127. The first-order chi connectivity index (χ1) is 18.7. The Kier molecular flexibility index (Phi) is 11.6. The number of methoxy groups -OCH3 is 1. The lowest BCUT2D eigenvalue weighted by molar-refractivity contribution is 0.0260. The third-order valence-electron chi connectivity index (χ3n) is 6.28. The van der Waals surface area contributed by atoms with Gasteiger partial charge < -0.3 is 9.84 Å². The topological polar surface area (TPSA) is 77.0 Å². The minimum Gasteiger partial charge on any atom is -0.379 e. The van der Waals surface area contributed by atoms with E-state index < -0.39 is 11.2 Å². The van der Waals surface area contributed by atoms with Crippen LogP contribution in [-0.4, -0.2) is 12.2 Å². The maximum absolute atomic E-state index is 10.9. The van der Waals surface area contributed by atoms with Crippen LogP contribution in [0, 0.1) is 29.8 Å². The average Bonchev–Trinajstić information content (AvgIpc) is 2.94. The third-order valence-corrected chi connectivity index (χ3v) is 8.22. The lowest BCUT2D eigenvalue weighted by atomic mass is 9.84. The van der Waals surface area contributed by atoms with E-state index in [9.17, 15) is 10.4 Å². The first kappa shape index (κ1) is 31.3. The van der Waals surface area contributed by atoms with Gasteiger partial charge in [0.25, 0.3) is 0 Å². The fraction of sp³-hybridized carbons (Fsp3) is 0.161. The Morgan fingerprint density at radius 1 is 0.641 bits per heavy atom. The molecule has 0 radical (unpaired) electrons. The summed E-state index contributed by atoms with van der Waals surface area (Å²) in [5.74, 6) is 0. The van der Waals surface area contributed by atoms with Gasteiger partial charge in [0.1, 0.15) is 11.2 Å². The summed E-state index contributed by atoms with van der Waals surface area (Å²) < 4.78 is 7.99. The summed E-state index contributed by atoms with van der Waals surface area (Å²) >= 11 is 16.3. The van der Waals surface area contributed by atoms with Crippen LogP contribution < -0.4 is 0 Å². The van der Waals surface area contributed by atoms with E-state index in [2.05, 4.69) is 51.3 Å². The van der Waals surface area contributed by atoms with E-state index in [-0.39, 0.29) is 12.8 Å². The number of hydrogen-bond acceptors (Lipinski definition) is 4. The molecule has 1 N–H and O–H groups in total. The van der Waals surface area contributed by atoms with Crippen molar-refractivity contribution in [3.05, 3.63) is 137 Å². The first-order valence-corrected chi connectivity index (χ1v) is 14.7. The first-order valence-electron chi connectivity index (χ1n) is 11.7. The van der Waals surface area contributed by atoms with Gasteiger partial charge in [0.05, 0.1) is 25.0 Å². The number of nitriles is 2. The van der Waals surface area contributed by atoms with Crippen LogP contribution in [0.15, 0.2) is 97.1 Å². The zero-order valence-corrected chi connectivity index (χ0v) is 26.7. The maximum Gasteiger partial charge on any atom is 0.131 e. The van der Waals surface area contributed by atoms with E-state index in [1.165, 1.54) is 0 Å². The Morgan fingerprint density at radius 3 is 1.33 bits per heavy atom. The van der Waals surface area contributed by atoms with Crippen molar-refractivity contribution >= 4 is 68.4 Å². The van der Waals surface area contributed by atoms with Gasteiger partial charge in [0.2, 0.25) is 0 Å². The normalized spacial score (nSPS) is 13.5. The van der Waals surface area contributed by atoms with E-state index >= 15 is 0 Å². The van der Waals surface area contributed by atoms with E-state index in [0.717, 1.165) is 18.3 Å². The van der Waals surface area contributed by atoms with Gasteiger partial charge in [-0.2, -0.15) is 10.5 Å². The van der Waals surface area contributed by atoms with Crippen LogP contribution in [0.3, 0.4) is 0 Å². The fourth-order valence-electron chi connectivity index (χ4n) is 4.16. The van der Waals surface area contributed by atoms with Crippen molar-refractivity contribution in [2.75, 3.05) is 7.11 Å². The van der Waals surface area contributed by atoms with Crippen molar-refractivity contribution in [3.63, 3.8) is 0 Å². The fourth-order valence-corrected chi connectivity index (χ4v) is 5.14. The number of benzene rings is 4. The molecule has 0 fully saturated rings. The monoisotopic (exact) mass is 780 g/mol. The molecule has 0 amide bonds. The molecule has 4 aromatic carbocycles. The smallest absolute Gasteiger partial charge is 0.131 e. The zero-order valence-electron chi connectivity index (χ0n) is 20.9. The highest BCUT2D eigenvalue weighted by Crippen LogP contribution is 2.37. The number of aliphatic hydroxyl groups is 1. The van der Waals surface area contributed by atoms with Crippen LogP contribution in [0.25, 0.3) is 0 Å². The molecule has 0 spiro atoms. The minimum atomic E-state index is -1.30. The second-order valence-corrected chi connectivity index (χ2v) is 12.0. The second-order valence-electron chi connectivity index (χ2n) is 8.59. The molecule has 39 heavy (non-hydrogen) atoms. The van der Waals surface area contributed by atoms with E-state index in [4.69, 9.17) is 33.2 Å². The largest absolute Gasteiger partial charge is 0.379 e. The maximum atomic E-state index is 10.9. The molecular weight excluding hydrogens is 757 g/mol. The summed E-state index contributed by atoms with van der Waals surface area (Å²) in [6.07, 6.45) is 0.237. The lowest BCUT2D eigenvalue weighted by Crippen LogP contribution is -2.29. The molecule has 0 aliphatic carbocycles. The summed E-state index contributed by atoms with van der Waals surface area (Å²) in [5, 5.41) is 30.3. The number of rotatable bonds is 7. The van der Waals surface area contributed by atoms with Gasteiger partial charge in [-0.3, -0.25) is 0 Å². The molecule has 0 heterocycles. The number of hydrogen-bond donors (Lipinski definition) is 1. The average molecular weight is 781 g/mol. The van der Waals surface area contributed by atoms with Gasteiger partial charge in [0, 0.05) is 24.3 Å². The molecule has 0 aromatic heterocycles. The SMILES string of the molecule is COC(CC#N)(c1ccc(Cl)cc1)c1ccc(I)cc1.N#CCC(O)(c1ccc(Cl)cc1)c1ccc(I)cc1. The highest BCUT2D eigenvalue weighted by Gasteiger charge is 2.34. The lowest BCUT2D eigenvalue weighted by Gasteiger charge is -2.31. The van der Waals surface area contributed by atoms with Crippen LogP contribution in [0.4, 0.5) is 0 Å².